The van der Waals surface area contributed by atoms with Gasteiger partial charge in [0.2, 0.25) is 0 Å². The molecule has 1 aliphatic heterocycles. The Morgan fingerprint density at radius 3 is 2.15 bits per heavy atom. The van der Waals surface area contributed by atoms with E-state index in [1.165, 1.54) is 0 Å². The normalized spacial score (nSPS) is 14.8. The minimum atomic E-state index is -1.30. The number of aliphatic hydroxyl groups excluding tert-OH is 3. The number of hydrogen-bond acceptors (Lipinski definition) is 9. The Kier molecular flexibility index (Phi) is 15.8. The van der Waals surface area contributed by atoms with Crippen molar-refractivity contribution in [2.75, 3.05) is 46.1 Å². The molecule has 53 heavy (non-hydrogen) atoms. The van der Waals surface area contributed by atoms with Gasteiger partial charge in [0.05, 0.1) is 43.1 Å². The molecule has 13 heteroatoms. The van der Waals surface area contributed by atoms with E-state index in [-0.39, 0.29) is 19.8 Å². The maximum atomic E-state index is 9.84. The lowest BCUT2D eigenvalue weighted by atomic mass is 9.93. The first-order valence-corrected chi connectivity index (χ1v) is 19.5. The molecule has 0 aromatic heterocycles. The Balaban J connectivity index is 1.31. The van der Waals surface area contributed by atoms with Crippen LogP contribution in [-0.2, 0) is 22.8 Å². The highest BCUT2D eigenvalue weighted by Gasteiger charge is 2.28. The van der Waals surface area contributed by atoms with Gasteiger partial charge in [0.15, 0.2) is 0 Å². The summed E-state index contributed by atoms with van der Waals surface area (Å²) in [6.45, 7) is 6.94. The Morgan fingerprint density at radius 1 is 0.792 bits per heavy atom. The van der Waals surface area contributed by atoms with Crippen LogP contribution in [0.15, 0.2) is 66.7 Å². The van der Waals surface area contributed by atoms with Gasteiger partial charge in [-0.15, -0.1) is 0 Å². The van der Waals surface area contributed by atoms with Gasteiger partial charge in [-0.05, 0) is 90.4 Å². The Bertz CT molecular complexity index is 1800. The second kappa shape index (κ2) is 20.0. The lowest BCUT2D eigenvalue weighted by Gasteiger charge is -2.29. The van der Waals surface area contributed by atoms with Crippen LogP contribution < -0.4 is 19.5 Å². The van der Waals surface area contributed by atoms with Crippen LogP contribution in [0.4, 0.5) is 0 Å². The fourth-order valence-electron chi connectivity index (χ4n) is 6.31. The molecule has 4 aromatic carbocycles. The molecule has 0 aliphatic carbocycles. The van der Waals surface area contributed by atoms with Crippen molar-refractivity contribution in [2.45, 2.75) is 58.1 Å². The maximum absolute atomic E-state index is 9.84. The van der Waals surface area contributed by atoms with Gasteiger partial charge in [-0.1, -0.05) is 65.1 Å². The van der Waals surface area contributed by atoms with Crippen molar-refractivity contribution in [3.05, 3.63) is 110 Å². The van der Waals surface area contributed by atoms with Crippen LogP contribution in [0.25, 0.3) is 11.1 Å². The average molecular weight is 900 g/mol. The van der Waals surface area contributed by atoms with Crippen LogP contribution in [0.5, 0.6) is 17.2 Å². The molecule has 1 heterocycles. The maximum Gasteiger partial charge on any atom is 0.142 e. The molecule has 1 fully saturated rings. The number of nitrogens with zero attached hydrogens (tertiary/aromatic N) is 1. The van der Waals surface area contributed by atoms with Gasteiger partial charge >= 0.3 is 0 Å². The molecule has 1 saturated heterocycles. The number of hydrogen-bond donors (Lipinski definition) is 4. The van der Waals surface area contributed by atoms with Crippen molar-refractivity contribution < 1.29 is 32.6 Å². The van der Waals surface area contributed by atoms with Gasteiger partial charge in [0, 0.05) is 47.9 Å². The van der Waals surface area contributed by atoms with Gasteiger partial charge in [-0.2, -0.15) is 0 Å². The first kappa shape index (κ1) is 41.8. The molecule has 5 rings (SSSR count). The van der Waals surface area contributed by atoms with Crippen LogP contribution in [0.1, 0.15) is 40.7 Å². The van der Waals surface area contributed by atoms with Crippen molar-refractivity contribution in [1.29, 1.82) is 0 Å². The standard InChI is InChI=1S/C40H46Cl3IN2O7/c1-26-29(6-3-7-34(26)35-8-4-9-37(27(35)2)50-13-5-11-46-12-10-33(20-46)53-44)22-52-39-18-38(51-21-28-14-31(41)17-32(42)15-28)30(16-36(39)43)19-45-40(23-47,24-48)25-49/h3-4,6-9,14-18,33,45,47-49H,5,10-13,19-25H2,1-2H3/t33-/m1/s1. The van der Waals surface area contributed by atoms with E-state index in [0.717, 1.165) is 71.6 Å². The smallest absolute Gasteiger partial charge is 0.142 e. The molecule has 0 saturated carbocycles. The summed E-state index contributed by atoms with van der Waals surface area (Å²) >= 11 is 21.2. The highest BCUT2D eigenvalue weighted by Crippen LogP contribution is 2.37. The third-order valence-corrected chi connectivity index (χ3v) is 11.1. The lowest BCUT2D eigenvalue weighted by molar-refractivity contribution is 0.0412. The van der Waals surface area contributed by atoms with E-state index >= 15 is 0 Å². The zero-order valence-corrected chi connectivity index (χ0v) is 34.3. The number of nitrogens with one attached hydrogen (secondary N) is 1. The van der Waals surface area contributed by atoms with E-state index in [2.05, 4.69) is 36.2 Å². The van der Waals surface area contributed by atoms with E-state index in [4.69, 9.17) is 52.1 Å². The highest BCUT2D eigenvalue weighted by molar-refractivity contribution is 14.1. The van der Waals surface area contributed by atoms with Crippen LogP contribution in [0.2, 0.25) is 15.1 Å². The number of benzene rings is 4. The highest BCUT2D eigenvalue weighted by atomic mass is 127. The van der Waals surface area contributed by atoms with Gasteiger partial charge in [0.25, 0.3) is 0 Å². The summed E-state index contributed by atoms with van der Waals surface area (Å²) in [4.78, 5) is 2.43. The predicted octanol–water partition coefficient (Wildman–Crippen LogP) is 8.10. The minimum Gasteiger partial charge on any atom is -0.493 e. The summed E-state index contributed by atoms with van der Waals surface area (Å²) in [5.74, 6) is 1.74. The molecule has 0 radical (unpaired) electrons. The summed E-state index contributed by atoms with van der Waals surface area (Å²) in [5, 5.41) is 33.9. The fourth-order valence-corrected chi connectivity index (χ4v) is 7.53. The van der Waals surface area contributed by atoms with Crippen molar-refractivity contribution >= 4 is 57.8 Å². The Hall–Kier alpha value is -2.36. The van der Waals surface area contributed by atoms with E-state index in [9.17, 15) is 15.3 Å². The summed E-state index contributed by atoms with van der Waals surface area (Å²) in [5.41, 5.74) is 5.42. The van der Waals surface area contributed by atoms with E-state index in [1.807, 2.05) is 47.3 Å². The predicted molar refractivity (Wildman–Crippen MR) is 219 cm³/mol. The quantitative estimate of drug-likeness (QED) is 0.0548. The van der Waals surface area contributed by atoms with Crippen molar-refractivity contribution in [3.63, 3.8) is 0 Å². The Labute approximate surface area is 340 Å². The second-order valence-corrected chi connectivity index (χ2v) is 15.2. The summed E-state index contributed by atoms with van der Waals surface area (Å²) in [6.07, 6.45) is 2.34. The average Bonchev–Trinajstić information content (AvgIpc) is 3.62. The molecule has 9 nitrogen and oxygen atoms in total. The van der Waals surface area contributed by atoms with Crippen LogP contribution in [0, 0.1) is 13.8 Å². The molecule has 0 unspecified atom stereocenters. The number of ether oxygens (including phenoxy) is 3. The summed E-state index contributed by atoms with van der Waals surface area (Å²) in [7, 11) is 0. The molecule has 0 spiro atoms. The first-order chi connectivity index (χ1) is 25.6. The van der Waals surface area contributed by atoms with Gasteiger partial charge < -0.3 is 42.8 Å². The zero-order valence-electron chi connectivity index (χ0n) is 29.8. The zero-order chi connectivity index (χ0) is 38.0. The van der Waals surface area contributed by atoms with Gasteiger partial charge in [-0.25, -0.2) is 0 Å². The molecular weight excluding hydrogens is 854 g/mol. The monoisotopic (exact) mass is 898 g/mol. The summed E-state index contributed by atoms with van der Waals surface area (Å²) < 4.78 is 24.3. The third-order valence-electron chi connectivity index (χ3n) is 9.63. The molecule has 0 amide bonds. The number of likely N-dealkylation sites (tertiary alicyclic amines) is 1. The molecule has 1 aliphatic rings. The second-order valence-electron chi connectivity index (χ2n) is 13.4. The molecule has 1 atom stereocenters. The van der Waals surface area contributed by atoms with Gasteiger partial charge in [-0.3, -0.25) is 0 Å². The molecular formula is C40H46Cl3IN2O7. The van der Waals surface area contributed by atoms with Crippen LogP contribution >= 0.6 is 57.8 Å². The lowest BCUT2D eigenvalue weighted by Crippen LogP contribution is -2.54. The Morgan fingerprint density at radius 2 is 1.47 bits per heavy atom. The summed E-state index contributed by atoms with van der Waals surface area (Å²) in [6, 6.07) is 20.9. The number of halogens is 4. The van der Waals surface area contributed by atoms with E-state index < -0.39 is 25.4 Å². The van der Waals surface area contributed by atoms with E-state index in [1.54, 1.807) is 30.3 Å². The van der Waals surface area contributed by atoms with Crippen LogP contribution in [0.3, 0.4) is 0 Å². The fraction of sp³-hybridized carbons (Fsp3) is 0.400. The SMILES string of the molecule is Cc1c(COc2cc(OCc3cc(Cl)cc(Cl)c3)c(CNC(CO)(CO)CO)cc2Cl)cccc1-c1cccc(OCCCN2CC[C@@H](OI)C2)c1C. The topological polar surface area (TPSA) is 113 Å². The van der Waals surface area contributed by atoms with Crippen molar-refractivity contribution in [3.8, 4) is 28.4 Å². The van der Waals surface area contributed by atoms with Crippen LogP contribution in [-0.4, -0.2) is 77.9 Å². The number of aliphatic hydroxyl groups is 3. The molecule has 4 N–H and O–H groups in total. The third kappa shape index (κ3) is 11.1. The molecule has 4 aromatic rings. The largest absolute Gasteiger partial charge is 0.493 e. The molecule has 0 bridgehead atoms. The number of rotatable bonds is 19. The van der Waals surface area contributed by atoms with Gasteiger partial charge in [0.1, 0.15) is 53.5 Å². The minimum absolute atomic E-state index is 0.129. The molecule has 286 valence electrons. The van der Waals surface area contributed by atoms with Crippen molar-refractivity contribution in [2.24, 2.45) is 0 Å². The van der Waals surface area contributed by atoms with E-state index in [0.29, 0.717) is 44.8 Å². The first-order valence-electron chi connectivity index (χ1n) is 17.5. The van der Waals surface area contributed by atoms with Crippen molar-refractivity contribution in [1.82, 2.24) is 10.2 Å².